The van der Waals surface area contributed by atoms with Gasteiger partial charge in [-0.3, -0.25) is 20.2 Å². The number of aliphatic imine (C=N–C) groups is 2. The summed E-state index contributed by atoms with van der Waals surface area (Å²) in [6, 6.07) is 46.7. The molecule has 0 saturated carbocycles. The van der Waals surface area contributed by atoms with Gasteiger partial charge in [-0.05, 0) is 34.4 Å². The van der Waals surface area contributed by atoms with Crippen molar-refractivity contribution < 1.29 is 19.3 Å². The number of hydrogen-bond acceptors (Lipinski definition) is 9. The number of anilines is 2. The largest absolute Gasteiger partial charge is 0.467 e. The van der Waals surface area contributed by atoms with E-state index in [9.17, 15) is 20.2 Å². The number of nitrogens with zero attached hydrogens (tertiary/aromatic N) is 4. The minimum Gasteiger partial charge on any atom is -0.467 e. The summed E-state index contributed by atoms with van der Waals surface area (Å²) in [5.41, 5.74) is 4.90. The Morgan fingerprint density at radius 1 is 0.472 bits per heavy atom. The number of hydrogen-bond donors (Lipinski definition) is 1. The molecule has 2 aliphatic heterocycles. The van der Waals surface area contributed by atoms with Crippen LogP contribution < -0.4 is 5.32 Å². The average molecular weight is 702 g/mol. The quantitative estimate of drug-likeness (QED) is 0.111. The van der Waals surface area contributed by atoms with Crippen molar-refractivity contribution in [3.05, 3.63) is 211 Å². The van der Waals surface area contributed by atoms with Gasteiger partial charge in [-0.15, -0.1) is 0 Å². The maximum atomic E-state index is 12.0. The van der Waals surface area contributed by atoms with Crippen LogP contribution in [0.4, 0.5) is 22.7 Å². The van der Waals surface area contributed by atoms with Gasteiger partial charge in [0, 0.05) is 24.3 Å². The first-order valence-electron chi connectivity index (χ1n) is 17.0. The van der Waals surface area contributed by atoms with Crippen LogP contribution in [0.2, 0.25) is 0 Å². The summed E-state index contributed by atoms with van der Waals surface area (Å²) >= 11 is 0. The minimum absolute atomic E-state index is 0.153. The predicted octanol–water partition coefficient (Wildman–Crippen LogP) is 9.77. The fourth-order valence-electron chi connectivity index (χ4n) is 6.68. The maximum absolute atomic E-state index is 12.0. The molecule has 8 rings (SSSR count). The monoisotopic (exact) mass is 701 g/mol. The Hall–Kier alpha value is -7.14. The summed E-state index contributed by atoms with van der Waals surface area (Å²) < 4.78 is 13.1. The van der Waals surface area contributed by atoms with Crippen LogP contribution in [0.3, 0.4) is 0 Å². The van der Waals surface area contributed by atoms with E-state index in [0.717, 1.165) is 22.3 Å². The molecule has 0 bridgehead atoms. The number of nitro benzene ring substituents is 2. The summed E-state index contributed by atoms with van der Waals surface area (Å²) in [7, 11) is 0. The number of nitro groups is 2. The highest BCUT2D eigenvalue weighted by atomic mass is 16.6. The number of nitrogens with one attached hydrogen (secondary N) is 1. The average Bonchev–Trinajstić information content (AvgIpc) is 3.86. The van der Waals surface area contributed by atoms with Crippen molar-refractivity contribution in [1.82, 2.24) is 0 Å². The first-order chi connectivity index (χ1) is 25.9. The highest BCUT2D eigenvalue weighted by Gasteiger charge is 2.37. The molecular formula is C42H31N5O6. The zero-order valence-corrected chi connectivity index (χ0v) is 28.1. The lowest BCUT2D eigenvalue weighted by Crippen LogP contribution is -2.12. The molecule has 6 aromatic rings. The summed E-state index contributed by atoms with van der Waals surface area (Å²) in [4.78, 5) is 33.2. The van der Waals surface area contributed by atoms with Crippen LogP contribution in [0.5, 0.6) is 0 Å². The third-order valence-corrected chi connectivity index (χ3v) is 9.26. The lowest BCUT2D eigenvalue weighted by atomic mass is 9.97. The molecule has 0 spiro atoms. The van der Waals surface area contributed by atoms with Crippen LogP contribution in [0.1, 0.15) is 57.7 Å². The smallest absolute Gasteiger partial charge is 0.270 e. The zero-order chi connectivity index (χ0) is 36.3. The second kappa shape index (κ2) is 14.2. The van der Waals surface area contributed by atoms with E-state index in [4.69, 9.17) is 19.5 Å². The van der Waals surface area contributed by atoms with Gasteiger partial charge in [-0.2, -0.15) is 0 Å². The van der Waals surface area contributed by atoms with Crippen molar-refractivity contribution in [1.29, 1.82) is 0 Å². The molecular weight excluding hydrogens is 670 g/mol. The number of rotatable bonds is 10. The molecule has 2 heterocycles. The SMILES string of the molecule is O=[N+]([O-])c1ccc(Nc2ccc([N+](=O)[O-])cc2C2=N[C@@H](c3ccccc3)[C@H](c3ccccc3)O2)c(C2=N[C@@H](c3ccccc3)[C@H](c3ccccc3)O2)c1. The van der Waals surface area contributed by atoms with Crippen molar-refractivity contribution in [2.45, 2.75) is 24.3 Å². The third kappa shape index (κ3) is 6.71. The molecule has 0 aliphatic carbocycles. The molecule has 0 radical (unpaired) electrons. The van der Waals surface area contributed by atoms with Crippen molar-refractivity contribution in [3.63, 3.8) is 0 Å². The molecule has 1 N–H and O–H groups in total. The molecule has 0 saturated heterocycles. The molecule has 4 atom stereocenters. The van der Waals surface area contributed by atoms with Gasteiger partial charge < -0.3 is 14.8 Å². The van der Waals surface area contributed by atoms with Gasteiger partial charge in [0.25, 0.3) is 11.4 Å². The van der Waals surface area contributed by atoms with Crippen LogP contribution in [-0.2, 0) is 9.47 Å². The third-order valence-electron chi connectivity index (χ3n) is 9.26. The second-order valence-electron chi connectivity index (χ2n) is 12.6. The van der Waals surface area contributed by atoms with Gasteiger partial charge in [0.2, 0.25) is 11.8 Å². The van der Waals surface area contributed by atoms with E-state index in [1.165, 1.54) is 24.3 Å². The van der Waals surface area contributed by atoms with E-state index in [-0.39, 0.29) is 23.2 Å². The van der Waals surface area contributed by atoms with Gasteiger partial charge in [0.05, 0.1) is 32.3 Å². The Morgan fingerprint density at radius 3 is 1.15 bits per heavy atom. The Bertz CT molecular complexity index is 2190. The summed E-state index contributed by atoms with van der Waals surface area (Å²) in [6.45, 7) is 0. The fraction of sp³-hybridized carbons (Fsp3) is 0.0952. The van der Waals surface area contributed by atoms with E-state index in [2.05, 4.69) is 5.32 Å². The predicted molar refractivity (Wildman–Crippen MR) is 201 cm³/mol. The van der Waals surface area contributed by atoms with Crippen LogP contribution in [0.15, 0.2) is 168 Å². The fourth-order valence-corrected chi connectivity index (χ4v) is 6.68. The van der Waals surface area contributed by atoms with Crippen molar-refractivity contribution in [2.75, 3.05) is 5.32 Å². The first-order valence-corrected chi connectivity index (χ1v) is 17.0. The second-order valence-corrected chi connectivity index (χ2v) is 12.6. The summed E-state index contributed by atoms with van der Waals surface area (Å²) in [6.07, 6.45) is -0.997. The summed E-state index contributed by atoms with van der Waals surface area (Å²) in [5.74, 6) is 0.426. The van der Waals surface area contributed by atoms with Crippen molar-refractivity contribution >= 4 is 34.5 Å². The minimum atomic E-state index is -0.498. The zero-order valence-electron chi connectivity index (χ0n) is 28.1. The standard InChI is InChI=1S/C42H31N5O6/c48-46(49)31-21-23-35(33(25-31)41-44-37(27-13-5-1-6-14-27)39(52-41)29-17-9-3-10-18-29)43-36-24-22-32(47(50)51)26-34(36)42-45-38(28-15-7-2-8-16-28)40(53-42)30-19-11-4-12-20-30/h1-26,37-40,43H/t37-,38-,39-,40-/m0/s1. The number of ether oxygens (including phenoxy) is 2. The van der Waals surface area contributed by atoms with Crippen molar-refractivity contribution in [2.24, 2.45) is 9.98 Å². The highest BCUT2D eigenvalue weighted by Crippen LogP contribution is 2.45. The Labute approximate surface area is 304 Å². The van der Waals surface area contributed by atoms with Gasteiger partial charge in [0.15, 0.2) is 12.2 Å². The van der Waals surface area contributed by atoms with E-state index in [0.29, 0.717) is 22.5 Å². The first kappa shape index (κ1) is 33.0. The van der Waals surface area contributed by atoms with E-state index in [1.54, 1.807) is 12.1 Å². The maximum Gasteiger partial charge on any atom is 0.270 e. The van der Waals surface area contributed by atoms with E-state index < -0.39 is 34.1 Å². The van der Waals surface area contributed by atoms with Crippen molar-refractivity contribution in [3.8, 4) is 0 Å². The molecule has 0 unspecified atom stereocenters. The molecule has 0 aromatic heterocycles. The normalized spacial score (nSPS) is 19.0. The van der Waals surface area contributed by atoms with Gasteiger partial charge in [-0.1, -0.05) is 121 Å². The molecule has 0 fully saturated rings. The lowest BCUT2D eigenvalue weighted by Gasteiger charge is -2.20. The van der Waals surface area contributed by atoms with E-state index in [1.807, 2.05) is 121 Å². The summed E-state index contributed by atoms with van der Waals surface area (Å²) in [5, 5.41) is 27.5. The molecule has 11 nitrogen and oxygen atoms in total. The van der Waals surface area contributed by atoms with Gasteiger partial charge >= 0.3 is 0 Å². The van der Waals surface area contributed by atoms with Crippen LogP contribution in [0.25, 0.3) is 0 Å². The topological polar surface area (TPSA) is 141 Å². The molecule has 260 valence electrons. The lowest BCUT2D eigenvalue weighted by molar-refractivity contribution is -0.385. The molecule has 6 aromatic carbocycles. The number of benzene rings is 6. The van der Waals surface area contributed by atoms with E-state index >= 15 is 0 Å². The van der Waals surface area contributed by atoms with Crippen LogP contribution >= 0.6 is 0 Å². The Balaban J connectivity index is 1.22. The molecule has 11 heteroatoms. The molecule has 2 aliphatic rings. The highest BCUT2D eigenvalue weighted by molar-refractivity contribution is 6.05. The van der Waals surface area contributed by atoms with Gasteiger partial charge in [-0.25, -0.2) is 9.98 Å². The van der Waals surface area contributed by atoms with Crippen LogP contribution in [-0.4, -0.2) is 21.6 Å². The Kier molecular flexibility index (Phi) is 8.87. The van der Waals surface area contributed by atoms with Gasteiger partial charge in [0.1, 0.15) is 12.1 Å². The number of non-ortho nitro benzene ring substituents is 2. The molecule has 0 amide bonds. The molecule has 53 heavy (non-hydrogen) atoms. The van der Waals surface area contributed by atoms with Crippen LogP contribution in [0, 0.1) is 20.2 Å². The Morgan fingerprint density at radius 2 is 0.811 bits per heavy atom.